The molecule has 0 bridgehead atoms. The highest BCUT2D eigenvalue weighted by atomic mass is 15.2. The molecule has 1 aromatic heterocycles. The highest BCUT2D eigenvalue weighted by Gasteiger charge is 2.17. The third-order valence-corrected chi connectivity index (χ3v) is 3.41. The minimum atomic E-state index is 0.367. The summed E-state index contributed by atoms with van der Waals surface area (Å²) < 4.78 is 1.89. The minimum absolute atomic E-state index is 0.367. The Morgan fingerprint density at radius 3 is 3.00 bits per heavy atom. The Balaban J connectivity index is 2.18. The molecule has 1 heterocycles. The Hall–Kier alpha value is -1.09. The van der Waals surface area contributed by atoms with Gasteiger partial charge in [-0.25, -0.2) is 0 Å². The summed E-state index contributed by atoms with van der Waals surface area (Å²) in [6, 6.07) is 0.367. The van der Waals surface area contributed by atoms with Gasteiger partial charge in [0.2, 0.25) is 0 Å². The average molecular weight is 233 g/mol. The molecule has 0 aliphatic heterocycles. The summed E-state index contributed by atoms with van der Waals surface area (Å²) in [7, 11) is 1.98. The van der Waals surface area contributed by atoms with Crippen LogP contribution in [0.1, 0.15) is 50.6 Å². The van der Waals surface area contributed by atoms with E-state index in [1.165, 1.54) is 37.7 Å². The zero-order valence-corrected chi connectivity index (χ0v) is 10.9. The molecule has 1 unspecified atom stereocenters. The van der Waals surface area contributed by atoms with Gasteiger partial charge >= 0.3 is 0 Å². The van der Waals surface area contributed by atoms with Crippen LogP contribution < -0.4 is 5.32 Å². The Morgan fingerprint density at radius 1 is 1.41 bits per heavy atom. The molecule has 17 heavy (non-hydrogen) atoms. The van der Waals surface area contributed by atoms with Crippen molar-refractivity contribution in [3.8, 4) is 0 Å². The van der Waals surface area contributed by atoms with Crippen molar-refractivity contribution in [2.24, 2.45) is 7.05 Å². The van der Waals surface area contributed by atoms with Crippen LogP contribution in [0.5, 0.6) is 0 Å². The number of nitrogens with one attached hydrogen (secondary N) is 1. The third kappa shape index (κ3) is 3.19. The molecule has 3 heteroatoms. The predicted octanol–water partition coefficient (Wildman–Crippen LogP) is 2.96. The number of rotatable bonds is 4. The summed E-state index contributed by atoms with van der Waals surface area (Å²) >= 11 is 0. The van der Waals surface area contributed by atoms with E-state index in [1.54, 1.807) is 5.57 Å². The number of aryl methyl sites for hydroxylation is 1. The van der Waals surface area contributed by atoms with Crippen molar-refractivity contribution in [3.63, 3.8) is 0 Å². The molecule has 0 saturated heterocycles. The van der Waals surface area contributed by atoms with Crippen LogP contribution in [0, 0.1) is 0 Å². The second kappa shape index (κ2) is 6.01. The van der Waals surface area contributed by atoms with Crippen LogP contribution in [0.15, 0.2) is 24.0 Å². The van der Waals surface area contributed by atoms with Gasteiger partial charge in [0.05, 0.1) is 12.2 Å². The van der Waals surface area contributed by atoms with E-state index in [0.29, 0.717) is 6.04 Å². The first-order valence-corrected chi connectivity index (χ1v) is 6.72. The molecule has 0 saturated carbocycles. The molecule has 1 aromatic rings. The molecule has 1 aliphatic carbocycles. The molecule has 0 amide bonds. The summed E-state index contributed by atoms with van der Waals surface area (Å²) in [4.78, 5) is 0. The van der Waals surface area contributed by atoms with Crippen LogP contribution in [0.4, 0.5) is 0 Å². The van der Waals surface area contributed by atoms with Gasteiger partial charge in [-0.05, 0) is 32.2 Å². The maximum absolute atomic E-state index is 4.29. The predicted molar refractivity (Wildman–Crippen MR) is 70.8 cm³/mol. The number of likely N-dealkylation sites (N-methyl/N-ethyl adjacent to an activating group) is 1. The van der Waals surface area contributed by atoms with E-state index >= 15 is 0 Å². The van der Waals surface area contributed by atoms with E-state index in [1.807, 2.05) is 17.9 Å². The van der Waals surface area contributed by atoms with Crippen LogP contribution in [-0.2, 0) is 7.05 Å². The van der Waals surface area contributed by atoms with Crippen LogP contribution in [0.2, 0.25) is 0 Å². The lowest BCUT2D eigenvalue weighted by molar-refractivity contribution is 0.589. The van der Waals surface area contributed by atoms with Crippen LogP contribution in [0.3, 0.4) is 0 Å². The first-order chi connectivity index (χ1) is 8.31. The lowest BCUT2D eigenvalue weighted by atomic mass is 9.97. The molecule has 3 nitrogen and oxygen atoms in total. The lowest BCUT2D eigenvalue weighted by Crippen LogP contribution is -2.22. The largest absolute Gasteiger partial charge is 0.307 e. The van der Waals surface area contributed by atoms with E-state index in [4.69, 9.17) is 0 Å². The van der Waals surface area contributed by atoms with Crippen LogP contribution in [0.25, 0.3) is 0 Å². The number of allylic oxidation sites excluding steroid dienone is 1. The van der Waals surface area contributed by atoms with Gasteiger partial charge in [0.15, 0.2) is 0 Å². The smallest absolute Gasteiger partial charge is 0.0567 e. The number of hydrogen-bond donors (Lipinski definition) is 1. The first-order valence-electron chi connectivity index (χ1n) is 6.72. The van der Waals surface area contributed by atoms with Crippen molar-refractivity contribution < 1.29 is 0 Å². The van der Waals surface area contributed by atoms with E-state index in [9.17, 15) is 0 Å². The van der Waals surface area contributed by atoms with Gasteiger partial charge in [0, 0.05) is 18.8 Å². The molecule has 2 rings (SSSR count). The standard InChI is InChI=1S/C14H23N3/c1-3-15-14(13-10-16-17(2)11-13)12-8-6-4-5-7-9-12/h8,10-11,14-15H,3-7,9H2,1-2H3. The van der Waals surface area contributed by atoms with Gasteiger partial charge < -0.3 is 5.32 Å². The Kier molecular flexibility index (Phi) is 4.37. The van der Waals surface area contributed by atoms with Crippen molar-refractivity contribution in [2.45, 2.75) is 45.1 Å². The van der Waals surface area contributed by atoms with Crippen LogP contribution in [-0.4, -0.2) is 16.3 Å². The summed E-state index contributed by atoms with van der Waals surface area (Å²) in [5.41, 5.74) is 2.85. The third-order valence-electron chi connectivity index (χ3n) is 3.41. The van der Waals surface area contributed by atoms with Crippen molar-refractivity contribution >= 4 is 0 Å². The summed E-state index contributed by atoms with van der Waals surface area (Å²) in [6.45, 7) is 3.16. The second-order valence-electron chi connectivity index (χ2n) is 4.82. The SMILES string of the molecule is CCNC(C1=CCCCCC1)c1cnn(C)c1. The quantitative estimate of drug-likeness (QED) is 0.810. The van der Waals surface area contributed by atoms with E-state index in [-0.39, 0.29) is 0 Å². The van der Waals surface area contributed by atoms with Crippen molar-refractivity contribution in [1.29, 1.82) is 0 Å². The van der Waals surface area contributed by atoms with Crippen LogP contribution >= 0.6 is 0 Å². The fourth-order valence-electron chi connectivity index (χ4n) is 2.56. The van der Waals surface area contributed by atoms with E-state index in [0.717, 1.165) is 6.54 Å². The molecule has 0 aromatic carbocycles. The highest BCUT2D eigenvalue weighted by molar-refractivity contribution is 5.25. The van der Waals surface area contributed by atoms with Gasteiger partial charge in [-0.2, -0.15) is 5.10 Å². The first kappa shape index (κ1) is 12.4. The van der Waals surface area contributed by atoms with E-state index < -0.39 is 0 Å². The summed E-state index contributed by atoms with van der Waals surface area (Å²) in [6.07, 6.45) is 13.0. The Bertz CT molecular complexity index is 379. The van der Waals surface area contributed by atoms with Gasteiger partial charge in [0.25, 0.3) is 0 Å². The topological polar surface area (TPSA) is 29.9 Å². The molecule has 1 N–H and O–H groups in total. The minimum Gasteiger partial charge on any atom is -0.307 e. The summed E-state index contributed by atoms with van der Waals surface area (Å²) in [5.74, 6) is 0. The number of nitrogens with zero attached hydrogens (tertiary/aromatic N) is 2. The van der Waals surface area contributed by atoms with Crippen molar-refractivity contribution in [2.75, 3.05) is 6.54 Å². The maximum Gasteiger partial charge on any atom is 0.0567 e. The highest BCUT2D eigenvalue weighted by Crippen LogP contribution is 2.28. The lowest BCUT2D eigenvalue weighted by Gasteiger charge is -2.19. The molecule has 1 aliphatic rings. The number of aromatic nitrogens is 2. The number of hydrogen-bond acceptors (Lipinski definition) is 2. The summed E-state index contributed by atoms with van der Waals surface area (Å²) in [5, 5.41) is 7.88. The molecule has 0 fully saturated rings. The fourth-order valence-corrected chi connectivity index (χ4v) is 2.56. The average Bonchev–Trinajstić information content (AvgIpc) is 2.60. The molecule has 1 atom stereocenters. The second-order valence-corrected chi connectivity index (χ2v) is 4.82. The Morgan fingerprint density at radius 2 is 2.29 bits per heavy atom. The zero-order valence-electron chi connectivity index (χ0n) is 10.9. The fraction of sp³-hybridized carbons (Fsp3) is 0.643. The maximum atomic E-state index is 4.29. The normalized spacial score (nSPS) is 18.6. The molecule has 94 valence electrons. The van der Waals surface area contributed by atoms with Gasteiger partial charge in [-0.1, -0.05) is 25.0 Å². The van der Waals surface area contributed by atoms with Crippen molar-refractivity contribution in [3.05, 3.63) is 29.6 Å². The van der Waals surface area contributed by atoms with Crippen molar-refractivity contribution in [1.82, 2.24) is 15.1 Å². The molecule has 0 radical (unpaired) electrons. The van der Waals surface area contributed by atoms with E-state index in [2.05, 4.69) is 29.6 Å². The monoisotopic (exact) mass is 233 g/mol. The molecular weight excluding hydrogens is 210 g/mol. The van der Waals surface area contributed by atoms with Gasteiger partial charge in [0.1, 0.15) is 0 Å². The molecule has 0 spiro atoms. The Labute approximate surface area is 104 Å². The molecular formula is C14H23N3. The van der Waals surface area contributed by atoms with Gasteiger partial charge in [-0.15, -0.1) is 0 Å². The van der Waals surface area contributed by atoms with Gasteiger partial charge in [-0.3, -0.25) is 4.68 Å². The zero-order chi connectivity index (χ0) is 12.1.